The Balaban J connectivity index is 2.29. The van der Waals surface area contributed by atoms with Crippen molar-refractivity contribution in [2.24, 2.45) is 11.7 Å². The fourth-order valence-corrected chi connectivity index (χ4v) is 3.83. The predicted molar refractivity (Wildman–Crippen MR) is 106 cm³/mol. The third-order valence-electron chi connectivity index (χ3n) is 3.89. The largest absolute Gasteiger partial charge is 0.397 e. The third-order valence-corrected chi connectivity index (χ3v) is 5.75. The summed E-state index contributed by atoms with van der Waals surface area (Å²) in [6.07, 6.45) is 0.477. The predicted octanol–water partition coefficient (Wildman–Crippen LogP) is 3.52. The lowest BCUT2D eigenvalue weighted by Crippen LogP contribution is -2.10. The number of nitrogens with zero attached hydrogens (tertiary/aromatic N) is 2. The number of carbonyl (C=O) groups is 1. The van der Waals surface area contributed by atoms with Gasteiger partial charge in [0.05, 0.1) is 26.8 Å². The molecule has 0 saturated heterocycles. The maximum absolute atomic E-state index is 11.7. The molecule has 0 aliphatic heterocycles. The van der Waals surface area contributed by atoms with Crippen molar-refractivity contribution in [3.8, 4) is 11.3 Å². The topological polar surface area (TPSA) is 115 Å². The Hall–Kier alpha value is -1.93. The number of carbonyl (C=O) groups excluding carboxylic acids is 1. The summed E-state index contributed by atoms with van der Waals surface area (Å²) in [5.41, 5.74) is 13.1. The molecule has 5 N–H and O–H groups in total. The maximum Gasteiger partial charge on any atom is 0.260 e. The normalized spacial score (nSPS) is 12.5. The highest BCUT2D eigenvalue weighted by Crippen LogP contribution is 2.39. The highest BCUT2D eigenvalue weighted by Gasteiger charge is 2.21. The van der Waals surface area contributed by atoms with Crippen molar-refractivity contribution in [3.05, 3.63) is 38.9 Å². The molecule has 0 aliphatic rings. The molecule has 0 unspecified atom stereocenters. The van der Waals surface area contributed by atoms with Crippen LogP contribution in [0.2, 0.25) is 10.0 Å². The number of aliphatic hydroxyl groups is 1. The van der Waals surface area contributed by atoms with Crippen molar-refractivity contribution in [1.29, 1.82) is 0 Å². The number of halogens is 2. The summed E-state index contributed by atoms with van der Waals surface area (Å²) < 4.78 is 0. The molecule has 3 aromatic rings. The number of fused-ring (bicyclic) bond motifs is 1. The summed E-state index contributed by atoms with van der Waals surface area (Å²) in [7, 11) is 0. The lowest BCUT2D eigenvalue weighted by molar-refractivity contribution is 0.100. The summed E-state index contributed by atoms with van der Waals surface area (Å²) in [4.78, 5) is 21.6. The first-order valence-corrected chi connectivity index (χ1v) is 9.34. The molecule has 2 heterocycles. The molecule has 0 fully saturated rings. The molecule has 26 heavy (non-hydrogen) atoms. The minimum absolute atomic E-state index is 0.0120. The van der Waals surface area contributed by atoms with Crippen LogP contribution in [0, 0.1) is 5.92 Å². The number of rotatable bonds is 5. The van der Waals surface area contributed by atoms with Crippen LogP contribution >= 0.6 is 34.5 Å². The number of nitrogen functional groups attached to an aromatic ring is 1. The monoisotopic (exact) mass is 410 g/mol. The molecule has 6 nitrogen and oxygen atoms in total. The minimum atomic E-state index is -0.615. The molecule has 0 bridgehead atoms. The zero-order valence-corrected chi connectivity index (χ0v) is 16.1. The van der Waals surface area contributed by atoms with Crippen molar-refractivity contribution in [2.45, 2.75) is 13.3 Å². The van der Waals surface area contributed by atoms with Crippen LogP contribution in [0.1, 0.15) is 22.4 Å². The van der Waals surface area contributed by atoms with Crippen molar-refractivity contribution in [2.75, 3.05) is 12.3 Å². The molecule has 1 atom stereocenters. The molecule has 0 radical (unpaired) electrons. The van der Waals surface area contributed by atoms with Gasteiger partial charge in [0.15, 0.2) is 0 Å². The van der Waals surface area contributed by atoms with Crippen LogP contribution in [0.4, 0.5) is 5.69 Å². The number of benzene rings is 1. The first kappa shape index (κ1) is 18.8. The Bertz CT molecular complexity index is 1010. The van der Waals surface area contributed by atoms with E-state index in [1.165, 1.54) is 0 Å². The zero-order valence-electron chi connectivity index (χ0n) is 13.8. The number of aliphatic hydroxyl groups excluding tert-OH is 1. The van der Waals surface area contributed by atoms with Gasteiger partial charge in [0.1, 0.15) is 15.5 Å². The summed E-state index contributed by atoms with van der Waals surface area (Å²) in [6.45, 7) is 1.91. The number of hydrogen-bond donors (Lipinski definition) is 3. The zero-order chi connectivity index (χ0) is 19.0. The van der Waals surface area contributed by atoms with Gasteiger partial charge in [-0.2, -0.15) is 0 Å². The lowest BCUT2D eigenvalue weighted by atomic mass is 10.1. The smallest absolute Gasteiger partial charge is 0.260 e. The molecule has 2 aromatic heterocycles. The molecular formula is C17H16Cl2N4O2S. The first-order chi connectivity index (χ1) is 12.3. The van der Waals surface area contributed by atoms with Crippen molar-refractivity contribution in [3.63, 3.8) is 0 Å². The van der Waals surface area contributed by atoms with Crippen LogP contribution in [0.3, 0.4) is 0 Å². The number of hydrogen-bond acceptors (Lipinski definition) is 6. The van der Waals surface area contributed by atoms with Crippen molar-refractivity contribution >= 4 is 56.3 Å². The van der Waals surface area contributed by atoms with Crippen LogP contribution in [-0.4, -0.2) is 27.6 Å². The number of primary amides is 1. The molecule has 1 amide bonds. The van der Waals surface area contributed by atoms with Gasteiger partial charge in [0.2, 0.25) is 0 Å². The van der Waals surface area contributed by atoms with Crippen LogP contribution < -0.4 is 11.5 Å². The second-order valence-corrected chi connectivity index (χ2v) is 7.81. The van der Waals surface area contributed by atoms with E-state index >= 15 is 0 Å². The highest BCUT2D eigenvalue weighted by atomic mass is 35.5. The minimum Gasteiger partial charge on any atom is -0.397 e. The van der Waals surface area contributed by atoms with Gasteiger partial charge in [-0.25, -0.2) is 9.97 Å². The third kappa shape index (κ3) is 3.48. The summed E-state index contributed by atoms with van der Waals surface area (Å²) in [5, 5.41) is 10.7. The van der Waals surface area contributed by atoms with E-state index in [0.717, 1.165) is 11.3 Å². The Labute approximate surface area is 163 Å². The van der Waals surface area contributed by atoms with Gasteiger partial charge >= 0.3 is 0 Å². The van der Waals surface area contributed by atoms with Gasteiger partial charge in [-0.3, -0.25) is 4.79 Å². The molecule has 3 rings (SSSR count). The summed E-state index contributed by atoms with van der Waals surface area (Å²) in [6, 6.07) is 5.13. The Morgan fingerprint density at radius 1 is 1.31 bits per heavy atom. The number of aromatic nitrogens is 2. The van der Waals surface area contributed by atoms with Crippen molar-refractivity contribution < 1.29 is 9.90 Å². The van der Waals surface area contributed by atoms with Gasteiger partial charge in [-0.1, -0.05) is 36.2 Å². The Morgan fingerprint density at radius 2 is 2.04 bits per heavy atom. The quantitative estimate of drug-likeness (QED) is 0.594. The van der Waals surface area contributed by atoms with E-state index in [-0.39, 0.29) is 23.1 Å². The van der Waals surface area contributed by atoms with Crippen molar-refractivity contribution in [1.82, 2.24) is 9.97 Å². The Kier molecular flexibility index (Phi) is 5.34. The van der Waals surface area contributed by atoms with Gasteiger partial charge < -0.3 is 16.6 Å². The van der Waals surface area contributed by atoms with Crippen LogP contribution in [-0.2, 0) is 6.42 Å². The SMILES string of the molecule is C[C@@H](CO)Cc1nc(-c2ccc(Cl)c(Cl)c2)c2c(N)c(C(N)=O)sc2n1. The standard InChI is InChI=1S/C17H16Cl2N4O2S/c1-7(6-24)4-11-22-14(8-2-3-9(18)10(19)5-8)12-13(20)15(16(21)25)26-17(12)23-11/h2-3,5,7,24H,4,6,20H2,1H3,(H2,21,25)/t7-/m1/s1. The molecule has 136 valence electrons. The van der Waals surface area contributed by atoms with E-state index in [9.17, 15) is 9.90 Å². The lowest BCUT2D eigenvalue weighted by Gasteiger charge is -2.10. The van der Waals surface area contributed by atoms with E-state index < -0.39 is 5.91 Å². The second-order valence-electron chi connectivity index (χ2n) is 6.00. The summed E-state index contributed by atoms with van der Waals surface area (Å²) >= 11 is 13.3. The van der Waals surface area contributed by atoms with E-state index in [1.54, 1.807) is 18.2 Å². The van der Waals surface area contributed by atoms with E-state index in [1.807, 2.05) is 6.92 Å². The molecular weight excluding hydrogens is 395 g/mol. The molecule has 1 aromatic carbocycles. The Morgan fingerprint density at radius 3 is 2.65 bits per heavy atom. The molecule has 0 saturated carbocycles. The average molecular weight is 411 g/mol. The van der Waals surface area contributed by atoms with Gasteiger partial charge in [-0.05, 0) is 18.1 Å². The number of amides is 1. The number of nitrogens with two attached hydrogens (primary N) is 2. The first-order valence-electron chi connectivity index (χ1n) is 7.76. The number of thiophene rings is 1. The fraction of sp³-hybridized carbons (Fsp3) is 0.235. The molecule has 0 spiro atoms. The highest BCUT2D eigenvalue weighted by molar-refractivity contribution is 7.21. The van der Waals surface area contributed by atoms with E-state index in [2.05, 4.69) is 9.97 Å². The van der Waals surface area contributed by atoms with Crippen LogP contribution in [0.5, 0.6) is 0 Å². The average Bonchev–Trinajstić information content (AvgIpc) is 2.93. The summed E-state index contributed by atoms with van der Waals surface area (Å²) in [5.74, 6) is -0.0877. The van der Waals surface area contributed by atoms with Gasteiger partial charge in [-0.15, -0.1) is 11.3 Å². The van der Waals surface area contributed by atoms with E-state index in [0.29, 0.717) is 43.8 Å². The van der Waals surface area contributed by atoms with E-state index in [4.69, 9.17) is 34.7 Å². The maximum atomic E-state index is 11.7. The number of anilines is 1. The van der Waals surface area contributed by atoms with Crippen LogP contribution in [0.25, 0.3) is 21.5 Å². The fourth-order valence-electron chi connectivity index (χ4n) is 2.57. The second kappa shape index (κ2) is 7.36. The van der Waals surface area contributed by atoms with Gasteiger partial charge in [0, 0.05) is 18.6 Å². The van der Waals surface area contributed by atoms with Crippen LogP contribution in [0.15, 0.2) is 18.2 Å². The molecule has 0 aliphatic carbocycles. The molecule has 9 heteroatoms. The van der Waals surface area contributed by atoms with Gasteiger partial charge in [0.25, 0.3) is 5.91 Å².